The molecule has 8 heteroatoms. The molecule has 4 nitrogen and oxygen atoms in total. The summed E-state index contributed by atoms with van der Waals surface area (Å²) in [7, 11) is 0. The van der Waals surface area contributed by atoms with Crippen LogP contribution in [-0.2, 0) is 4.74 Å². The number of nitriles is 1. The van der Waals surface area contributed by atoms with E-state index in [1.165, 1.54) is 6.92 Å². The molecule has 0 fully saturated rings. The third-order valence-corrected chi connectivity index (χ3v) is 2.22. The summed E-state index contributed by atoms with van der Waals surface area (Å²) in [6.45, 7) is -1.86. The Kier molecular flexibility index (Phi) is 5.32. The molecule has 0 aliphatic rings. The van der Waals surface area contributed by atoms with Crippen LogP contribution in [0.5, 0.6) is 5.75 Å². The monoisotopic (exact) mass is 291 g/mol. The Bertz CT molecular complexity index is 540. The van der Waals surface area contributed by atoms with Gasteiger partial charge in [-0.25, -0.2) is 13.6 Å². The molecule has 108 valence electrons. The van der Waals surface area contributed by atoms with Gasteiger partial charge >= 0.3 is 12.6 Å². The zero-order valence-corrected chi connectivity index (χ0v) is 10.2. The van der Waals surface area contributed by atoms with Crippen molar-refractivity contribution in [2.45, 2.75) is 20.0 Å². The third-order valence-electron chi connectivity index (χ3n) is 2.22. The molecule has 0 N–H and O–H groups in total. The molecule has 0 atom stereocenters. The number of alkyl halides is 4. The van der Waals surface area contributed by atoms with Gasteiger partial charge in [0.05, 0.1) is 23.3 Å². The van der Waals surface area contributed by atoms with Crippen LogP contribution in [0, 0.1) is 11.3 Å². The van der Waals surface area contributed by atoms with Gasteiger partial charge in [-0.1, -0.05) is 0 Å². The molecule has 0 saturated heterocycles. The topological polar surface area (TPSA) is 59.3 Å². The molecule has 0 aliphatic carbocycles. The van der Waals surface area contributed by atoms with E-state index in [0.717, 1.165) is 0 Å². The van der Waals surface area contributed by atoms with Gasteiger partial charge in [-0.05, 0) is 19.1 Å². The first-order valence-corrected chi connectivity index (χ1v) is 5.38. The van der Waals surface area contributed by atoms with Crippen LogP contribution in [0.1, 0.15) is 34.8 Å². The van der Waals surface area contributed by atoms with Crippen molar-refractivity contribution in [2.24, 2.45) is 0 Å². The van der Waals surface area contributed by atoms with Crippen molar-refractivity contribution in [3.63, 3.8) is 0 Å². The van der Waals surface area contributed by atoms with Gasteiger partial charge in [-0.3, -0.25) is 0 Å². The van der Waals surface area contributed by atoms with E-state index in [0.29, 0.717) is 12.1 Å². The molecular weight excluding hydrogens is 282 g/mol. The van der Waals surface area contributed by atoms with Crippen LogP contribution in [0.25, 0.3) is 0 Å². The maximum atomic E-state index is 12.8. The van der Waals surface area contributed by atoms with Gasteiger partial charge in [0.25, 0.3) is 6.43 Å². The Balaban J connectivity index is 3.37. The standard InChI is InChI=1S/C12H9F4NO3/c1-2-19-11(18)7-4-8(10(13)14)9(20-12(15)16)3-6(7)5-17/h3-4,10,12H,2H2,1H3. The number of hydrogen-bond acceptors (Lipinski definition) is 4. The molecule has 20 heavy (non-hydrogen) atoms. The summed E-state index contributed by atoms with van der Waals surface area (Å²) in [6, 6.07) is 2.83. The van der Waals surface area contributed by atoms with Crippen LogP contribution in [0.15, 0.2) is 12.1 Å². The predicted molar refractivity (Wildman–Crippen MR) is 58.7 cm³/mol. The lowest BCUT2D eigenvalue weighted by Gasteiger charge is -2.13. The summed E-state index contributed by atoms with van der Waals surface area (Å²) in [5.41, 5.74) is -1.72. The van der Waals surface area contributed by atoms with E-state index in [9.17, 15) is 22.4 Å². The fourth-order valence-corrected chi connectivity index (χ4v) is 1.44. The summed E-state index contributed by atoms with van der Waals surface area (Å²) in [5, 5.41) is 8.84. The van der Waals surface area contributed by atoms with Crippen LogP contribution in [0.2, 0.25) is 0 Å². The molecule has 0 unspecified atom stereocenters. The van der Waals surface area contributed by atoms with E-state index in [2.05, 4.69) is 9.47 Å². The van der Waals surface area contributed by atoms with E-state index in [-0.39, 0.29) is 12.2 Å². The number of ether oxygens (including phenoxy) is 2. The smallest absolute Gasteiger partial charge is 0.387 e. The molecule has 1 aromatic rings. The van der Waals surface area contributed by atoms with Crippen molar-refractivity contribution in [1.29, 1.82) is 5.26 Å². The second-order valence-corrected chi connectivity index (χ2v) is 3.45. The SMILES string of the molecule is CCOC(=O)c1cc(C(F)F)c(OC(F)F)cc1C#N. The highest BCUT2D eigenvalue weighted by Crippen LogP contribution is 2.33. The summed E-state index contributed by atoms with van der Waals surface area (Å²) >= 11 is 0. The fraction of sp³-hybridized carbons (Fsp3) is 0.333. The van der Waals surface area contributed by atoms with Crippen LogP contribution in [-0.4, -0.2) is 19.2 Å². The molecule has 0 aromatic heterocycles. The van der Waals surface area contributed by atoms with E-state index in [1.807, 2.05) is 0 Å². The van der Waals surface area contributed by atoms with Crippen LogP contribution in [0.4, 0.5) is 17.6 Å². The molecular formula is C12H9F4NO3. The lowest BCUT2D eigenvalue weighted by atomic mass is 10.0. The van der Waals surface area contributed by atoms with Crippen molar-refractivity contribution in [3.05, 3.63) is 28.8 Å². The van der Waals surface area contributed by atoms with Gasteiger partial charge in [0.15, 0.2) is 0 Å². The predicted octanol–water partition coefficient (Wildman–Crippen LogP) is 3.27. The summed E-state index contributed by atoms with van der Waals surface area (Å²) in [5.74, 6) is -1.84. The van der Waals surface area contributed by atoms with Crippen LogP contribution in [0.3, 0.4) is 0 Å². The molecule has 0 amide bonds. The first kappa shape index (κ1) is 15.8. The number of nitrogens with zero attached hydrogens (tertiary/aromatic N) is 1. The summed E-state index contributed by atoms with van der Waals surface area (Å²) < 4.78 is 58.4. The molecule has 0 saturated carbocycles. The van der Waals surface area contributed by atoms with Gasteiger partial charge < -0.3 is 9.47 Å². The molecule has 0 aliphatic heterocycles. The Morgan fingerprint density at radius 3 is 2.45 bits per heavy atom. The zero-order chi connectivity index (χ0) is 15.3. The van der Waals surface area contributed by atoms with Gasteiger partial charge in [0.2, 0.25) is 0 Å². The lowest BCUT2D eigenvalue weighted by Crippen LogP contribution is -2.11. The van der Waals surface area contributed by atoms with Crippen LogP contribution < -0.4 is 4.74 Å². The highest BCUT2D eigenvalue weighted by Gasteiger charge is 2.23. The quantitative estimate of drug-likeness (QED) is 0.617. The molecule has 0 spiro atoms. The third kappa shape index (κ3) is 3.60. The number of halogens is 4. The highest BCUT2D eigenvalue weighted by molar-refractivity contribution is 5.92. The van der Waals surface area contributed by atoms with Crippen molar-refractivity contribution < 1.29 is 31.8 Å². The number of hydrogen-bond donors (Lipinski definition) is 0. The zero-order valence-electron chi connectivity index (χ0n) is 10.2. The second-order valence-electron chi connectivity index (χ2n) is 3.45. The van der Waals surface area contributed by atoms with Gasteiger partial charge in [0.1, 0.15) is 11.8 Å². The van der Waals surface area contributed by atoms with Crippen molar-refractivity contribution in [3.8, 4) is 11.8 Å². The number of rotatable bonds is 5. The van der Waals surface area contributed by atoms with Crippen molar-refractivity contribution in [1.82, 2.24) is 0 Å². The van der Waals surface area contributed by atoms with E-state index in [1.54, 1.807) is 6.07 Å². The van der Waals surface area contributed by atoms with Gasteiger partial charge in [0, 0.05) is 0 Å². The lowest BCUT2D eigenvalue weighted by molar-refractivity contribution is -0.0519. The molecule has 0 bridgehead atoms. The molecule has 0 heterocycles. The van der Waals surface area contributed by atoms with Gasteiger partial charge in [-0.15, -0.1) is 0 Å². The minimum atomic E-state index is -3.33. The number of carbonyl (C=O) groups is 1. The molecule has 0 radical (unpaired) electrons. The fourth-order valence-electron chi connectivity index (χ4n) is 1.44. The Morgan fingerprint density at radius 1 is 1.35 bits per heavy atom. The van der Waals surface area contributed by atoms with E-state index in [4.69, 9.17) is 5.26 Å². The minimum Gasteiger partial charge on any atom is -0.462 e. The Hall–Kier alpha value is -2.30. The largest absolute Gasteiger partial charge is 0.462 e. The second kappa shape index (κ2) is 6.75. The summed E-state index contributed by atoms with van der Waals surface area (Å²) in [6.07, 6.45) is -3.15. The molecule has 1 rings (SSSR count). The van der Waals surface area contributed by atoms with Crippen molar-refractivity contribution >= 4 is 5.97 Å². The Labute approximate surface area is 111 Å². The average Bonchev–Trinajstić information content (AvgIpc) is 2.37. The number of esters is 1. The van der Waals surface area contributed by atoms with E-state index < -0.39 is 35.9 Å². The maximum absolute atomic E-state index is 12.8. The average molecular weight is 291 g/mol. The first-order chi connectivity index (χ1) is 9.40. The van der Waals surface area contributed by atoms with Crippen LogP contribution >= 0.6 is 0 Å². The normalized spacial score (nSPS) is 10.5. The Morgan fingerprint density at radius 2 is 2.00 bits per heavy atom. The molecule has 1 aromatic carbocycles. The highest BCUT2D eigenvalue weighted by atomic mass is 19.3. The van der Waals surface area contributed by atoms with E-state index >= 15 is 0 Å². The number of benzene rings is 1. The summed E-state index contributed by atoms with van der Waals surface area (Å²) in [4.78, 5) is 11.5. The maximum Gasteiger partial charge on any atom is 0.387 e. The first-order valence-electron chi connectivity index (χ1n) is 5.38. The number of carbonyl (C=O) groups excluding carboxylic acids is 1. The van der Waals surface area contributed by atoms with Gasteiger partial charge in [-0.2, -0.15) is 14.0 Å². The van der Waals surface area contributed by atoms with Crippen molar-refractivity contribution in [2.75, 3.05) is 6.61 Å². The minimum absolute atomic E-state index is 0.0248.